The first kappa shape index (κ1) is 14.7. The van der Waals surface area contributed by atoms with Gasteiger partial charge in [-0.05, 0) is 17.7 Å². The molecule has 8 nitrogen and oxygen atoms in total. The zero-order chi connectivity index (χ0) is 14.6. The molecule has 1 rings (SSSR count). The van der Waals surface area contributed by atoms with Gasteiger partial charge in [-0.1, -0.05) is 0 Å². The van der Waals surface area contributed by atoms with Crippen LogP contribution in [0.2, 0.25) is 0 Å². The van der Waals surface area contributed by atoms with Crippen molar-refractivity contribution >= 4 is 17.9 Å². The average molecular weight is 269 g/mol. The van der Waals surface area contributed by atoms with Gasteiger partial charge < -0.3 is 14.9 Å². The molecule has 102 valence electrons. The van der Waals surface area contributed by atoms with Crippen LogP contribution in [0, 0.1) is 10.1 Å². The number of aldehydes is 1. The van der Waals surface area contributed by atoms with Crippen molar-refractivity contribution in [2.24, 2.45) is 0 Å². The molecule has 0 aromatic heterocycles. The minimum absolute atomic E-state index is 0.00870. The third-order valence-corrected chi connectivity index (χ3v) is 2.46. The standard InChI is InChI=1S/C11H11NO7/c1-19-11(16)10(15)9(14)6-2-3-8(12(17)18)7(4-6)5-13/h2-5,9-10,14-15H,1H3. The number of nitro groups is 1. The van der Waals surface area contributed by atoms with Gasteiger partial charge in [-0.15, -0.1) is 0 Å². The first-order chi connectivity index (χ1) is 8.92. The van der Waals surface area contributed by atoms with E-state index < -0.39 is 28.8 Å². The Morgan fingerprint density at radius 1 is 1.47 bits per heavy atom. The van der Waals surface area contributed by atoms with E-state index in [1.807, 2.05) is 0 Å². The number of nitro benzene ring substituents is 1. The second-order valence-electron chi connectivity index (χ2n) is 3.61. The Labute approximate surface area is 107 Å². The topological polar surface area (TPSA) is 127 Å². The third kappa shape index (κ3) is 3.12. The van der Waals surface area contributed by atoms with E-state index in [4.69, 9.17) is 0 Å². The van der Waals surface area contributed by atoms with Gasteiger partial charge >= 0.3 is 5.97 Å². The van der Waals surface area contributed by atoms with Crippen LogP contribution < -0.4 is 0 Å². The van der Waals surface area contributed by atoms with Gasteiger partial charge in [-0.3, -0.25) is 14.9 Å². The maximum atomic E-state index is 11.0. The van der Waals surface area contributed by atoms with Crippen molar-refractivity contribution in [2.45, 2.75) is 12.2 Å². The molecule has 2 N–H and O–H groups in total. The van der Waals surface area contributed by atoms with Crippen LogP contribution in [0.1, 0.15) is 22.0 Å². The van der Waals surface area contributed by atoms with Crippen LogP contribution in [-0.4, -0.2) is 40.6 Å². The van der Waals surface area contributed by atoms with Crippen molar-refractivity contribution in [3.05, 3.63) is 39.4 Å². The first-order valence-electron chi connectivity index (χ1n) is 5.09. The summed E-state index contributed by atoms with van der Waals surface area (Å²) in [4.78, 5) is 31.6. The number of rotatable bonds is 5. The molecule has 0 spiro atoms. The second kappa shape index (κ2) is 6.03. The van der Waals surface area contributed by atoms with Crippen LogP contribution in [-0.2, 0) is 9.53 Å². The maximum absolute atomic E-state index is 11.0. The summed E-state index contributed by atoms with van der Waals surface area (Å²) in [5.74, 6) is -1.06. The largest absolute Gasteiger partial charge is 0.467 e. The number of carbonyl (C=O) groups is 2. The number of benzene rings is 1. The molecule has 0 bridgehead atoms. The predicted octanol–water partition coefficient (Wildman–Crippen LogP) is -0.0254. The summed E-state index contributed by atoms with van der Waals surface area (Å²) in [6, 6.07) is 3.18. The van der Waals surface area contributed by atoms with Crippen molar-refractivity contribution < 1.29 is 29.5 Å². The number of ether oxygens (including phenoxy) is 1. The lowest BCUT2D eigenvalue weighted by atomic mass is 10.0. The molecule has 0 heterocycles. The van der Waals surface area contributed by atoms with Crippen LogP contribution in [0.15, 0.2) is 18.2 Å². The number of hydrogen-bond donors (Lipinski definition) is 2. The molecule has 2 unspecified atom stereocenters. The summed E-state index contributed by atoms with van der Waals surface area (Å²) in [6.45, 7) is 0. The molecule has 0 fully saturated rings. The second-order valence-corrected chi connectivity index (χ2v) is 3.61. The Morgan fingerprint density at radius 3 is 2.58 bits per heavy atom. The van der Waals surface area contributed by atoms with Crippen LogP contribution in [0.4, 0.5) is 5.69 Å². The molecule has 8 heteroatoms. The highest BCUT2D eigenvalue weighted by atomic mass is 16.6. The number of aliphatic hydroxyl groups is 2. The zero-order valence-corrected chi connectivity index (χ0v) is 9.85. The fourth-order valence-electron chi connectivity index (χ4n) is 1.45. The number of esters is 1. The van der Waals surface area contributed by atoms with Gasteiger partial charge in [-0.2, -0.15) is 0 Å². The molecular weight excluding hydrogens is 258 g/mol. The molecule has 0 amide bonds. The van der Waals surface area contributed by atoms with Crippen molar-refractivity contribution in [3.63, 3.8) is 0 Å². The van der Waals surface area contributed by atoms with E-state index in [0.717, 1.165) is 25.3 Å². The lowest BCUT2D eigenvalue weighted by molar-refractivity contribution is -0.385. The van der Waals surface area contributed by atoms with Crippen LogP contribution in [0.3, 0.4) is 0 Å². The highest BCUT2D eigenvalue weighted by molar-refractivity contribution is 5.82. The van der Waals surface area contributed by atoms with E-state index in [1.54, 1.807) is 0 Å². The molecule has 19 heavy (non-hydrogen) atoms. The summed E-state index contributed by atoms with van der Waals surface area (Å²) < 4.78 is 4.25. The highest BCUT2D eigenvalue weighted by Crippen LogP contribution is 2.24. The van der Waals surface area contributed by atoms with Gasteiger partial charge in [0.1, 0.15) is 6.10 Å². The van der Waals surface area contributed by atoms with Crippen LogP contribution in [0.25, 0.3) is 0 Å². The van der Waals surface area contributed by atoms with E-state index in [0.29, 0.717) is 0 Å². The van der Waals surface area contributed by atoms with Crippen molar-refractivity contribution in [3.8, 4) is 0 Å². The minimum Gasteiger partial charge on any atom is -0.467 e. The zero-order valence-electron chi connectivity index (χ0n) is 9.85. The summed E-state index contributed by atoms with van der Waals surface area (Å²) >= 11 is 0. The molecule has 1 aromatic carbocycles. The van der Waals surface area contributed by atoms with E-state index >= 15 is 0 Å². The Kier molecular flexibility index (Phi) is 4.67. The molecule has 1 aromatic rings. The first-order valence-corrected chi connectivity index (χ1v) is 5.09. The number of nitrogens with zero attached hydrogens (tertiary/aromatic N) is 1. The fourth-order valence-corrected chi connectivity index (χ4v) is 1.45. The molecular formula is C11H11NO7. The summed E-state index contributed by atoms with van der Waals surface area (Å²) in [6.07, 6.45) is -3.24. The Hall–Kier alpha value is -2.32. The van der Waals surface area contributed by atoms with Crippen molar-refractivity contribution in [2.75, 3.05) is 7.11 Å². The number of carbonyl (C=O) groups excluding carboxylic acids is 2. The van der Waals surface area contributed by atoms with Crippen molar-refractivity contribution in [1.82, 2.24) is 0 Å². The van der Waals surface area contributed by atoms with Crippen molar-refractivity contribution in [1.29, 1.82) is 0 Å². The van der Waals surface area contributed by atoms with Gasteiger partial charge in [0, 0.05) is 6.07 Å². The summed E-state index contributed by atoms with van der Waals surface area (Å²) in [5.41, 5.74) is -0.706. The normalized spacial score (nSPS) is 13.4. The van der Waals surface area contributed by atoms with Gasteiger partial charge in [0.2, 0.25) is 0 Å². The number of aliphatic hydroxyl groups excluding tert-OH is 2. The molecule has 0 saturated carbocycles. The number of methoxy groups -OCH3 is 1. The van der Waals surface area contributed by atoms with Gasteiger partial charge in [0.25, 0.3) is 5.69 Å². The maximum Gasteiger partial charge on any atom is 0.337 e. The van der Waals surface area contributed by atoms with E-state index in [-0.39, 0.29) is 17.4 Å². The quantitative estimate of drug-likeness (QED) is 0.332. The predicted molar refractivity (Wildman–Crippen MR) is 61.5 cm³/mol. The number of hydrogen-bond acceptors (Lipinski definition) is 7. The molecule has 2 atom stereocenters. The lowest BCUT2D eigenvalue weighted by Crippen LogP contribution is -2.29. The van der Waals surface area contributed by atoms with Gasteiger partial charge in [0.05, 0.1) is 17.6 Å². The van der Waals surface area contributed by atoms with E-state index in [1.165, 1.54) is 0 Å². The SMILES string of the molecule is COC(=O)C(O)C(O)c1ccc([N+](=O)[O-])c(C=O)c1. The molecule has 0 radical (unpaired) electrons. The minimum atomic E-state index is -1.84. The fraction of sp³-hybridized carbons (Fsp3) is 0.273. The lowest BCUT2D eigenvalue weighted by Gasteiger charge is -2.16. The monoisotopic (exact) mass is 269 g/mol. The van der Waals surface area contributed by atoms with E-state index in [2.05, 4.69) is 4.74 Å². The van der Waals surface area contributed by atoms with E-state index in [9.17, 15) is 29.9 Å². The molecule has 0 saturated heterocycles. The average Bonchev–Trinajstić information content (AvgIpc) is 2.43. The molecule has 0 aliphatic heterocycles. The summed E-state index contributed by atoms with van der Waals surface area (Å²) in [5, 5.41) is 29.7. The Bertz CT molecular complexity index is 514. The molecule has 0 aliphatic carbocycles. The van der Waals surface area contributed by atoms with Crippen LogP contribution >= 0.6 is 0 Å². The Balaban J connectivity index is 3.12. The molecule has 0 aliphatic rings. The van der Waals surface area contributed by atoms with Crippen LogP contribution in [0.5, 0.6) is 0 Å². The van der Waals surface area contributed by atoms with Gasteiger partial charge in [0.15, 0.2) is 12.4 Å². The van der Waals surface area contributed by atoms with Gasteiger partial charge in [-0.25, -0.2) is 4.79 Å². The third-order valence-electron chi connectivity index (χ3n) is 2.46. The smallest absolute Gasteiger partial charge is 0.337 e. The Morgan fingerprint density at radius 2 is 2.11 bits per heavy atom. The highest BCUT2D eigenvalue weighted by Gasteiger charge is 2.27. The summed E-state index contributed by atoms with van der Waals surface area (Å²) in [7, 11) is 1.03.